The lowest BCUT2D eigenvalue weighted by Gasteiger charge is -2.25. The number of nitrogens with one attached hydrogen (secondary N) is 2. The molecule has 188 valence electrons. The molecule has 0 unspecified atom stereocenters. The Bertz CT molecular complexity index is 1260. The number of rotatable bonds is 8. The van der Waals surface area contributed by atoms with Crippen LogP contribution < -0.4 is 10.6 Å². The van der Waals surface area contributed by atoms with Crippen molar-refractivity contribution < 1.29 is 18.6 Å². The second kappa shape index (κ2) is 10.6. The zero-order valence-electron chi connectivity index (χ0n) is 19.7. The third kappa shape index (κ3) is 5.99. The lowest BCUT2D eigenvalue weighted by molar-refractivity contribution is -0.116. The van der Waals surface area contributed by atoms with Crippen molar-refractivity contribution in [2.75, 3.05) is 10.6 Å². The van der Waals surface area contributed by atoms with Gasteiger partial charge in [0.2, 0.25) is 22.1 Å². The average molecular weight is 529 g/mol. The SMILES string of the molecule is Cc1cc(CC(=O)Nc2nnc([C@@H]3CCC[C@@H](c4nnc(NC(=O)Cc5cc(C)no5)s4)C3)s2)on1. The molecule has 36 heavy (non-hydrogen) atoms. The Morgan fingerprint density at radius 3 is 1.72 bits per heavy atom. The molecule has 1 fully saturated rings. The maximum Gasteiger partial charge on any atom is 0.233 e. The van der Waals surface area contributed by atoms with Gasteiger partial charge in [0.05, 0.1) is 24.2 Å². The summed E-state index contributed by atoms with van der Waals surface area (Å²) < 4.78 is 10.2. The van der Waals surface area contributed by atoms with E-state index in [1.807, 2.05) is 0 Å². The first-order valence-corrected chi connectivity index (χ1v) is 13.2. The van der Waals surface area contributed by atoms with E-state index in [4.69, 9.17) is 9.05 Å². The van der Waals surface area contributed by atoms with Gasteiger partial charge in [0.25, 0.3) is 0 Å². The summed E-state index contributed by atoms with van der Waals surface area (Å²) in [6.45, 7) is 3.61. The summed E-state index contributed by atoms with van der Waals surface area (Å²) in [4.78, 5) is 24.6. The molecule has 4 aromatic rings. The second-order valence-corrected chi connectivity index (χ2v) is 10.8. The van der Waals surface area contributed by atoms with Gasteiger partial charge in [0.1, 0.15) is 21.5 Å². The van der Waals surface area contributed by atoms with Crippen molar-refractivity contribution in [3.8, 4) is 0 Å². The fourth-order valence-electron chi connectivity index (χ4n) is 4.18. The Kier molecular flexibility index (Phi) is 7.13. The normalized spacial score (nSPS) is 17.7. The van der Waals surface area contributed by atoms with E-state index in [2.05, 4.69) is 41.3 Å². The van der Waals surface area contributed by atoms with Gasteiger partial charge < -0.3 is 19.7 Å². The minimum Gasteiger partial charge on any atom is -0.361 e. The molecule has 1 aliphatic carbocycles. The maximum absolute atomic E-state index is 12.3. The Labute approximate surface area is 213 Å². The van der Waals surface area contributed by atoms with Gasteiger partial charge in [-0.05, 0) is 33.1 Å². The van der Waals surface area contributed by atoms with Crippen molar-refractivity contribution in [2.45, 2.75) is 64.2 Å². The summed E-state index contributed by atoms with van der Waals surface area (Å²) in [7, 11) is 0. The smallest absolute Gasteiger partial charge is 0.233 e. The van der Waals surface area contributed by atoms with Crippen LogP contribution in [0.1, 0.15) is 70.4 Å². The first-order valence-electron chi connectivity index (χ1n) is 11.5. The zero-order valence-corrected chi connectivity index (χ0v) is 21.3. The predicted octanol–water partition coefficient (Wildman–Crippen LogP) is 3.79. The van der Waals surface area contributed by atoms with Gasteiger partial charge in [-0.2, -0.15) is 0 Å². The van der Waals surface area contributed by atoms with Crippen LogP contribution in [0.3, 0.4) is 0 Å². The van der Waals surface area contributed by atoms with Crippen LogP contribution in [-0.4, -0.2) is 42.5 Å². The van der Waals surface area contributed by atoms with E-state index in [0.717, 1.165) is 47.1 Å². The molecule has 2 amide bonds. The summed E-state index contributed by atoms with van der Waals surface area (Å²) in [6, 6.07) is 3.46. The quantitative estimate of drug-likeness (QED) is 0.344. The van der Waals surface area contributed by atoms with E-state index in [0.29, 0.717) is 21.8 Å². The number of aryl methyl sites for hydroxylation is 2. The highest BCUT2D eigenvalue weighted by molar-refractivity contribution is 7.15. The van der Waals surface area contributed by atoms with Crippen LogP contribution in [0.25, 0.3) is 0 Å². The number of amides is 2. The van der Waals surface area contributed by atoms with Gasteiger partial charge >= 0.3 is 0 Å². The number of hydrogen-bond acceptors (Lipinski definition) is 12. The Hall–Kier alpha value is -3.52. The van der Waals surface area contributed by atoms with Crippen molar-refractivity contribution in [1.29, 1.82) is 0 Å². The highest BCUT2D eigenvalue weighted by Gasteiger charge is 2.29. The van der Waals surface area contributed by atoms with Crippen molar-refractivity contribution in [3.05, 3.63) is 45.1 Å². The summed E-state index contributed by atoms with van der Waals surface area (Å²) >= 11 is 2.79. The van der Waals surface area contributed by atoms with Gasteiger partial charge in [-0.1, -0.05) is 39.4 Å². The Morgan fingerprint density at radius 1 is 0.833 bits per heavy atom. The molecule has 0 radical (unpaired) electrons. The summed E-state index contributed by atoms with van der Waals surface area (Å²) in [5.74, 6) is 1.01. The molecule has 1 aliphatic rings. The first-order chi connectivity index (χ1) is 17.4. The topological polar surface area (TPSA) is 162 Å². The molecule has 0 aliphatic heterocycles. The standard InChI is InChI=1S/C22H24N8O4S2/c1-11-6-15(33-29-11)9-17(31)23-21-27-25-19(35-21)13-4-3-5-14(8-13)20-26-28-22(36-20)24-18(32)10-16-7-12(2)30-34-16/h6-7,13-14H,3-5,8-10H2,1-2H3,(H,23,27,31)(H,24,28,32)/t13-,14-/m1/s1. The molecular formula is C22H24N8O4S2. The van der Waals surface area contributed by atoms with Crippen LogP contribution in [0.2, 0.25) is 0 Å². The van der Waals surface area contributed by atoms with Crippen LogP contribution in [0.4, 0.5) is 10.3 Å². The molecule has 2 atom stereocenters. The molecule has 0 saturated heterocycles. The Balaban J connectivity index is 1.15. The summed E-state index contributed by atoms with van der Waals surface area (Å²) in [5.41, 5.74) is 1.46. The average Bonchev–Trinajstić information content (AvgIpc) is 3.64. The van der Waals surface area contributed by atoms with Gasteiger partial charge in [0.15, 0.2) is 0 Å². The maximum atomic E-state index is 12.3. The fourth-order valence-corrected chi connectivity index (χ4v) is 6.00. The van der Waals surface area contributed by atoms with Crippen molar-refractivity contribution in [3.63, 3.8) is 0 Å². The zero-order chi connectivity index (χ0) is 25.1. The second-order valence-electron chi connectivity index (χ2n) is 8.77. The molecule has 2 N–H and O–H groups in total. The Morgan fingerprint density at radius 2 is 1.31 bits per heavy atom. The monoisotopic (exact) mass is 528 g/mol. The van der Waals surface area contributed by atoms with Crippen LogP contribution in [0.15, 0.2) is 21.2 Å². The van der Waals surface area contributed by atoms with E-state index in [9.17, 15) is 9.59 Å². The third-order valence-electron chi connectivity index (χ3n) is 5.77. The molecule has 1 saturated carbocycles. The van der Waals surface area contributed by atoms with E-state index in [-0.39, 0.29) is 36.5 Å². The number of aromatic nitrogens is 6. The van der Waals surface area contributed by atoms with Crippen LogP contribution in [0, 0.1) is 13.8 Å². The van der Waals surface area contributed by atoms with Crippen molar-refractivity contribution in [1.82, 2.24) is 30.7 Å². The predicted molar refractivity (Wildman–Crippen MR) is 131 cm³/mol. The van der Waals surface area contributed by atoms with E-state index < -0.39 is 0 Å². The molecule has 0 bridgehead atoms. The molecule has 12 nitrogen and oxygen atoms in total. The highest BCUT2D eigenvalue weighted by Crippen LogP contribution is 2.43. The first kappa shape index (κ1) is 24.2. The van der Waals surface area contributed by atoms with Gasteiger partial charge in [0, 0.05) is 24.0 Å². The van der Waals surface area contributed by atoms with Crippen LogP contribution >= 0.6 is 22.7 Å². The molecule has 0 aromatic carbocycles. The lowest BCUT2D eigenvalue weighted by atomic mass is 9.82. The number of carbonyl (C=O) groups is 2. The minimum atomic E-state index is -0.225. The van der Waals surface area contributed by atoms with Crippen molar-refractivity contribution >= 4 is 44.8 Å². The highest BCUT2D eigenvalue weighted by atomic mass is 32.1. The lowest BCUT2D eigenvalue weighted by Crippen LogP contribution is -2.13. The van der Waals surface area contributed by atoms with E-state index in [1.165, 1.54) is 22.7 Å². The molecule has 14 heteroatoms. The third-order valence-corrected chi connectivity index (χ3v) is 7.77. The van der Waals surface area contributed by atoms with E-state index >= 15 is 0 Å². The fraction of sp³-hybridized carbons (Fsp3) is 0.455. The van der Waals surface area contributed by atoms with Gasteiger partial charge in [-0.25, -0.2) is 0 Å². The number of nitrogens with zero attached hydrogens (tertiary/aromatic N) is 6. The summed E-state index contributed by atoms with van der Waals surface area (Å²) in [5, 5.41) is 32.9. The number of carbonyl (C=O) groups excluding carboxylic acids is 2. The van der Waals surface area contributed by atoms with Crippen LogP contribution in [0.5, 0.6) is 0 Å². The van der Waals surface area contributed by atoms with E-state index in [1.54, 1.807) is 26.0 Å². The number of hydrogen-bond donors (Lipinski definition) is 2. The minimum absolute atomic E-state index is 0.0925. The molecule has 5 rings (SSSR count). The summed E-state index contributed by atoms with van der Waals surface area (Å²) in [6.07, 6.45) is 4.06. The molecular weight excluding hydrogens is 504 g/mol. The van der Waals surface area contributed by atoms with Gasteiger partial charge in [-0.3, -0.25) is 9.59 Å². The molecule has 0 spiro atoms. The van der Waals surface area contributed by atoms with Gasteiger partial charge in [-0.15, -0.1) is 20.4 Å². The number of anilines is 2. The van der Waals surface area contributed by atoms with Crippen LogP contribution in [-0.2, 0) is 22.4 Å². The molecule has 4 heterocycles. The largest absolute Gasteiger partial charge is 0.361 e. The molecule has 4 aromatic heterocycles. The van der Waals surface area contributed by atoms with Crippen molar-refractivity contribution in [2.24, 2.45) is 0 Å².